The van der Waals surface area contributed by atoms with E-state index in [1.807, 2.05) is 0 Å². The van der Waals surface area contributed by atoms with Crippen molar-refractivity contribution in [3.8, 4) is 0 Å². The van der Waals surface area contributed by atoms with Gasteiger partial charge in [-0.05, 0) is 6.92 Å². The molecule has 0 aromatic heterocycles. The van der Waals surface area contributed by atoms with Crippen LogP contribution in [0.2, 0.25) is 0 Å². The molecular formula is C7H16ClNO. The fourth-order valence-electron chi connectivity index (χ4n) is 1.46. The van der Waals surface area contributed by atoms with Crippen molar-refractivity contribution >= 4 is 12.4 Å². The van der Waals surface area contributed by atoms with Crippen LogP contribution in [-0.2, 0) is 0 Å². The van der Waals surface area contributed by atoms with Crippen molar-refractivity contribution in [3.63, 3.8) is 0 Å². The highest BCUT2D eigenvalue weighted by Crippen LogP contribution is 2.07. The number of hydrogen-bond acceptors (Lipinski definition) is 1. The van der Waals surface area contributed by atoms with Crippen molar-refractivity contribution in [2.45, 2.75) is 19.4 Å². The molecule has 0 radical (unpaired) electrons. The van der Waals surface area contributed by atoms with Crippen LogP contribution < -0.4 is 4.90 Å². The minimum atomic E-state index is 0. The summed E-state index contributed by atoms with van der Waals surface area (Å²) in [6.07, 6.45) is 1.13. The monoisotopic (exact) mass is 165 g/mol. The fourth-order valence-corrected chi connectivity index (χ4v) is 1.46. The van der Waals surface area contributed by atoms with E-state index < -0.39 is 0 Å². The molecule has 2 nitrogen and oxygen atoms in total. The van der Waals surface area contributed by atoms with Gasteiger partial charge in [0.25, 0.3) is 0 Å². The van der Waals surface area contributed by atoms with Crippen LogP contribution in [0.15, 0.2) is 0 Å². The first-order valence-corrected chi connectivity index (χ1v) is 3.52. The van der Waals surface area contributed by atoms with Crippen molar-refractivity contribution in [2.75, 3.05) is 13.2 Å². The van der Waals surface area contributed by atoms with Crippen molar-refractivity contribution in [1.82, 2.24) is 0 Å². The molecule has 62 valence electrons. The van der Waals surface area contributed by atoms with Gasteiger partial charge < -0.3 is 10.0 Å². The summed E-state index contributed by atoms with van der Waals surface area (Å²) in [4.78, 5) is 1.31. The van der Waals surface area contributed by atoms with E-state index in [0.29, 0.717) is 18.6 Å². The van der Waals surface area contributed by atoms with Crippen LogP contribution in [0.25, 0.3) is 0 Å². The van der Waals surface area contributed by atoms with Crippen molar-refractivity contribution in [3.05, 3.63) is 7.05 Å². The zero-order chi connectivity index (χ0) is 6.85. The van der Waals surface area contributed by atoms with Crippen LogP contribution in [0.5, 0.6) is 0 Å². The Balaban J connectivity index is 0.000000810. The van der Waals surface area contributed by atoms with Gasteiger partial charge in [0.05, 0.1) is 19.2 Å². The third-order valence-electron chi connectivity index (χ3n) is 2.19. The summed E-state index contributed by atoms with van der Waals surface area (Å²) < 4.78 is 0. The first-order chi connectivity index (χ1) is 4.24. The highest BCUT2D eigenvalue weighted by Gasteiger charge is 2.25. The van der Waals surface area contributed by atoms with E-state index in [-0.39, 0.29) is 12.4 Å². The molecule has 1 heterocycles. The molecule has 1 aliphatic heterocycles. The molecule has 0 aliphatic carbocycles. The molecule has 3 unspecified atom stereocenters. The Bertz CT molecular complexity index is 89.6. The molecular weight excluding hydrogens is 150 g/mol. The second-order valence-corrected chi connectivity index (χ2v) is 3.05. The van der Waals surface area contributed by atoms with Crippen molar-refractivity contribution in [1.29, 1.82) is 0 Å². The standard InChI is InChI=1S/C7H15NO.ClH/c1-6-3-7(5-9)4-8(6)2;/h6-9H,2-5H2,1H3;1H. The molecule has 0 spiro atoms. The number of aliphatic hydroxyl groups excluding tert-OH is 1. The van der Waals surface area contributed by atoms with Gasteiger partial charge in [0.2, 0.25) is 0 Å². The van der Waals surface area contributed by atoms with Gasteiger partial charge in [-0.1, -0.05) is 0 Å². The molecule has 2 N–H and O–H groups in total. The molecule has 10 heavy (non-hydrogen) atoms. The minimum absolute atomic E-state index is 0. The van der Waals surface area contributed by atoms with Crippen molar-refractivity contribution in [2.24, 2.45) is 5.92 Å². The topological polar surface area (TPSA) is 24.7 Å². The lowest BCUT2D eigenvalue weighted by Gasteiger charge is -2.18. The van der Waals surface area contributed by atoms with Crippen LogP contribution in [-0.4, -0.2) is 24.3 Å². The van der Waals surface area contributed by atoms with E-state index in [9.17, 15) is 0 Å². The van der Waals surface area contributed by atoms with Gasteiger partial charge in [0.15, 0.2) is 0 Å². The van der Waals surface area contributed by atoms with E-state index in [2.05, 4.69) is 14.0 Å². The number of nitrogens with one attached hydrogen (secondary N) is 1. The smallest absolute Gasteiger partial charge is 0.0612 e. The first kappa shape index (κ1) is 10.2. The lowest BCUT2D eigenvalue weighted by molar-refractivity contribution is -0.865. The van der Waals surface area contributed by atoms with Crippen LogP contribution in [0, 0.1) is 13.0 Å². The second-order valence-electron chi connectivity index (χ2n) is 3.05. The third-order valence-corrected chi connectivity index (χ3v) is 2.19. The SMILES string of the molecule is Cl.[CH2-][NH+]1CC(CO)CC1C. The average molecular weight is 166 g/mol. The molecule has 0 saturated carbocycles. The summed E-state index contributed by atoms with van der Waals surface area (Å²) in [5, 5.41) is 8.76. The average Bonchev–Trinajstić information content (AvgIpc) is 2.13. The molecule has 1 rings (SSSR count). The molecule has 0 bridgehead atoms. The quantitative estimate of drug-likeness (QED) is 0.503. The Morgan fingerprint density at radius 2 is 2.30 bits per heavy atom. The zero-order valence-corrected chi connectivity index (χ0v) is 7.16. The fraction of sp³-hybridized carbons (Fsp3) is 0.857. The molecule has 1 saturated heterocycles. The summed E-state index contributed by atoms with van der Waals surface area (Å²) in [6.45, 7) is 3.55. The lowest BCUT2D eigenvalue weighted by Crippen LogP contribution is -3.08. The molecule has 0 aromatic carbocycles. The van der Waals surface area contributed by atoms with Gasteiger partial charge in [0, 0.05) is 12.3 Å². The molecule has 3 atom stereocenters. The maximum Gasteiger partial charge on any atom is 0.0612 e. The summed E-state index contributed by atoms with van der Waals surface area (Å²) in [7, 11) is 3.92. The molecule has 0 amide bonds. The second kappa shape index (κ2) is 4.16. The predicted molar refractivity (Wildman–Crippen MR) is 43.1 cm³/mol. The van der Waals surface area contributed by atoms with Gasteiger partial charge in [-0.3, -0.25) is 0 Å². The van der Waals surface area contributed by atoms with Crippen molar-refractivity contribution < 1.29 is 10.0 Å². The number of hydrogen-bond donors (Lipinski definition) is 2. The molecule has 1 aliphatic rings. The van der Waals surface area contributed by atoms with Gasteiger partial charge in [-0.25, -0.2) is 0 Å². The number of halogens is 1. The minimum Gasteiger partial charge on any atom is -0.465 e. The molecule has 3 heteroatoms. The highest BCUT2D eigenvalue weighted by molar-refractivity contribution is 5.85. The lowest BCUT2D eigenvalue weighted by atomic mass is 10.1. The van der Waals surface area contributed by atoms with E-state index in [4.69, 9.17) is 5.11 Å². The maximum atomic E-state index is 8.76. The largest absolute Gasteiger partial charge is 0.465 e. The molecule has 1 fully saturated rings. The number of aliphatic hydroxyl groups is 1. The van der Waals surface area contributed by atoms with Gasteiger partial charge in [-0.2, -0.15) is 7.05 Å². The molecule has 0 aromatic rings. The summed E-state index contributed by atoms with van der Waals surface area (Å²) >= 11 is 0. The highest BCUT2D eigenvalue weighted by atomic mass is 35.5. The Labute approximate surface area is 68.6 Å². The Kier molecular flexibility index (Phi) is 4.25. The zero-order valence-electron chi connectivity index (χ0n) is 6.34. The van der Waals surface area contributed by atoms with Gasteiger partial charge in [0.1, 0.15) is 0 Å². The maximum absolute atomic E-state index is 8.76. The normalized spacial score (nSPS) is 39.3. The van der Waals surface area contributed by atoms with Gasteiger partial charge >= 0.3 is 0 Å². The van der Waals surface area contributed by atoms with E-state index in [0.717, 1.165) is 13.0 Å². The summed E-state index contributed by atoms with van der Waals surface area (Å²) in [5.41, 5.74) is 0. The van der Waals surface area contributed by atoms with Crippen LogP contribution in [0.3, 0.4) is 0 Å². The Hall–Kier alpha value is 0.210. The van der Waals surface area contributed by atoms with E-state index in [1.54, 1.807) is 0 Å². The van der Waals surface area contributed by atoms with Crippen LogP contribution >= 0.6 is 12.4 Å². The number of quaternary nitrogens is 1. The third kappa shape index (κ3) is 2.11. The van der Waals surface area contributed by atoms with Crippen LogP contribution in [0.1, 0.15) is 13.3 Å². The van der Waals surface area contributed by atoms with E-state index >= 15 is 0 Å². The Morgan fingerprint density at radius 1 is 1.70 bits per heavy atom. The van der Waals surface area contributed by atoms with Crippen LogP contribution in [0.4, 0.5) is 0 Å². The first-order valence-electron chi connectivity index (χ1n) is 3.52. The summed E-state index contributed by atoms with van der Waals surface area (Å²) in [5.74, 6) is 0.507. The number of likely N-dealkylation sites (tertiary alicyclic amines) is 1. The predicted octanol–water partition coefficient (Wildman–Crippen LogP) is -0.515. The van der Waals surface area contributed by atoms with Gasteiger partial charge in [-0.15, -0.1) is 12.4 Å². The van der Waals surface area contributed by atoms with E-state index in [1.165, 1.54) is 4.90 Å². The summed E-state index contributed by atoms with van der Waals surface area (Å²) in [6, 6.07) is 0.641. The number of rotatable bonds is 1. The Morgan fingerprint density at radius 3 is 2.50 bits per heavy atom.